The molecule has 0 atom stereocenters. The molecule has 0 spiro atoms. The van der Waals surface area contributed by atoms with E-state index in [0.29, 0.717) is 17.1 Å². The van der Waals surface area contributed by atoms with Gasteiger partial charge in [-0.05, 0) is 36.8 Å². The predicted molar refractivity (Wildman–Crippen MR) is 90.3 cm³/mol. The Morgan fingerprint density at radius 3 is 2.26 bits per heavy atom. The summed E-state index contributed by atoms with van der Waals surface area (Å²) >= 11 is 0. The van der Waals surface area contributed by atoms with Gasteiger partial charge in [0.1, 0.15) is 11.5 Å². The van der Waals surface area contributed by atoms with Gasteiger partial charge in [0, 0.05) is 36.0 Å². The largest absolute Gasteiger partial charge is 0.497 e. The molecule has 2 aromatic heterocycles. The fourth-order valence-corrected chi connectivity index (χ4v) is 2.63. The van der Waals surface area contributed by atoms with Crippen molar-refractivity contribution >= 4 is 10.9 Å². The maximum atomic E-state index is 12.8. The summed E-state index contributed by atoms with van der Waals surface area (Å²) in [5, 5.41) is 0.912. The normalized spacial score (nSPS) is 10.8. The van der Waals surface area contributed by atoms with Gasteiger partial charge in [-0.3, -0.25) is 9.78 Å². The molecule has 23 heavy (non-hydrogen) atoms. The van der Waals surface area contributed by atoms with Crippen molar-refractivity contribution in [2.75, 3.05) is 14.2 Å². The second-order valence-corrected chi connectivity index (χ2v) is 5.41. The van der Waals surface area contributed by atoms with Crippen LogP contribution in [0.4, 0.5) is 0 Å². The zero-order chi connectivity index (χ0) is 16.6. The maximum absolute atomic E-state index is 12.8. The molecule has 0 aliphatic rings. The van der Waals surface area contributed by atoms with Crippen molar-refractivity contribution in [2.24, 2.45) is 7.05 Å². The zero-order valence-corrected chi connectivity index (χ0v) is 13.6. The van der Waals surface area contributed by atoms with Crippen molar-refractivity contribution in [3.8, 4) is 22.6 Å². The van der Waals surface area contributed by atoms with Crippen molar-refractivity contribution in [1.82, 2.24) is 9.55 Å². The summed E-state index contributed by atoms with van der Waals surface area (Å²) < 4.78 is 12.2. The number of rotatable bonds is 3. The van der Waals surface area contributed by atoms with Crippen LogP contribution >= 0.6 is 0 Å². The molecular weight excluding hydrogens is 292 g/mol. The number of benzene rings is 1. The van der Waals surface area contributed by atoms with Gasteiger partial charge < -0.3 is 14.0 Å². The molecule has 0 bridgehead atoms. The summed E-state index contributed by atoms with van der Waals surface area (Å²) in [6.45, 7) is 1.91. The van der Waals surface area contributed by atoms with E-state index in [1.54, 1.807) is 38.1 Å². The molecule has 0 fully saturated rings. The molecular formula is C18H18N2O3. The Kier molecular flexibility index (Phi) is 3.78. The Bertz CT molecular complexity index is 923. The lowest BCUT2D eigenvalue weighted by Gasteiger charge is -2.11. The standard InChI is InChI=1S/C18H18N2O3/c1-11-5-17-13(10-19-11)8-16(18(21)20(17)2)12-6-14(22-3)9-15(7-12)23-4/h5-10H,1-4H3. The first-order chi connectivity index (χ1) is 11.0. The van der Waals surface area contributed by atoms with Crippen LogP contribution in [0.3, 0.4) is 0 Å². The smallest absolute Gasteiger partial charge is 0.258 e. The summed E-state index contributed by atoms with van der Waals surface area (Å²) in [5.74, 6) is 1.28. The van der Waals surface area contributed by atoms with Crippen molar-refractivity contribution in [1.29, 1.82) is 0 Å². The Morgan fingerprint density at radius 2 is 1.65 bits per heavy atom. The van der Waals surface area contributed by atoms with Crippen LogP contribution in [0.2, 0.25) is 0 Å². The highest BCUT2D eigenvalue weighted by atomic mass is 16.5. The first kappa shape index (κ1) is 15.1. The van der Waals surface area contributed by atoms with Gasteiger partial charge in [-0.15, -0.1) is 0 Å². The minimum Gasteiger partial charge on any atom is -0.497 e. The molecule has 5 heteroatoms. The lowest BCUT2D eigenvalue weighted by molar-refractivity contribution is 0.394. The molecule has 0 amide bonds. The van der Waals surface area contributed by atoms with Gasteiger partial charge in [-0.25, -0.2) is 0 Å². The highest BCUT2D eigenvalue weighted by Gasteiger charge is 2.12. The van der Waals surface area contributed by atoms with Gasteiger partial charge in [0.05, 0.1) is 19.7 Å². The summed E-state index contributed by atoms with van der Waals surface area (Å²) in [6, 6.07) is 9.20. The van der Waals surface area contributed by atoms with Crippen LogP contribution in [-0.4, -0.2) is 23.8 Å². The molecule has 3 aromatic rings. The average molecular weight is 310 g/mol. The average Bonchev–Trinajstić information content (AvgIpc) is 2.58. The zero-order valence-electron chi connectivity index (χ0n) is 13.6. The number of methoxy groups -OCH3 is 2. The van der Waals surface area contributed by atoms with E-state index in [1.165, 1.54) is 0 Å². The Morgan fingerprint density at radius 1 is 1.00 bits per heavy atom. The van der Waals surface area contributed by atoms with Gasteiger partial charge in [-0.1, -0.05) is 0 Å². The number of hydrogen-bond acceptors (Lipinski definition) is 4. The van der Waals surface area contributed by atoms with Gasteiger partial charge >= 0.3 is 0 Å². The number of aryl methyl sites for hydroxylation is 2. The summed E-state index contributed by atoms with van der Waals surface area (Å²) in [7, 11) is 4.94. The predicted octanol–water partition coefficient (Wildman–Crippen LogP) is 2.93. The van der Waals surface area contributed by atoms with Crippen LogP contribution in [0.5, 0.6) is 11.5 Å². The molecule has 0 saturated carbocycles. The number of hydrogen-bond donors (Lipinski definition) is 0. The SMILES string of the molecule is COc1cc(OC)cc(-c2cc3cnc(C)cc3n(C)c2=O)c1. The molecule has 0 N–H and O–H groups in total. The van der Waals surface area contributed by atoms with Gasteiger partial charge in [-0.2, -0.15) is 0 Å². The van der Waals surface area contributed by atoms with Gasteiger partial charge in [0.25, 0.3) is 5.56 Å². The lowest BCUT2D eigenvalue weighted by atomic mass is 10.0. The van der Waals surface area contributed by atoms with Crippen LogP contribution in [0.25, 0.3) is 22.0 Å². The number of aromatic nitrogens is 2. The molecule has 0 aliphatic carbocycles. The molecule has 5 nitrogen and oxygen atoms in total. The van der Waals surface area contributed by atoms with Crippen LogP contribution in [0.1, 0.15) is 5.69 Å². The minimum absolute atomic E-state index is 0.0709. The minimum atomic E-state index is -0.0709. The van der Waals surface area contributed by atoms with Crippen molar-refractivity contribution in [2.45, 2.75) is 6.92 Å². The number of ether oxygens (including phenoxy) is 2. The maximum Gasteiger partial charge on any atom is 0.258 e. The van der Waals surface area contributed by atoms with Crippen molar-refractivity contribution in [3.05, 3.63) is 52.6 Å². The number of fused-ring (bicyclic) bond motifs is 1. The molecule has 0 aliphatic heterocycles. The third-order valence-electron chi connectivity index (χ3n) is 3.91. The van der Waals surface area contributed by atoms with Crippen molar-refractivity contribution < 1.29 is 9.47 Å². The molecule has 2 heterocycles. The first-order valence-corrected chi connectivity index (χ1v) is 7.23. The molecule has 118 valence electrons. The molecule has 0 saturated heterocycles. The van der Waals surface area contributed by atoms with E-state index in [9.17, 15) is 4.79 Å². The van der Waals surface area contributed by atoms with Gasteiger partial charge in [0.2, 0.25) is 0 Å². The summed E-state index contributed by atoms with van der Waals surface area (Å²) in [6.07, 6.45) is 1.78. The topological polar surface area (TPSA) is 53.4 Å². The molecule has 0 unspecified atom stereocenters. The third-order valence-corrected chi connectivity index (χ3v) is 3.91. The van der Waals surface area contributed by atoms with Gasteiger partial charge in [0.15, 0.2) is 0 Å². The lowest BCUT2D eigenvalue weighted by Crippen LogP contribution is -2.19. The van der Waals surface area contributed by atoms with E-state index in [-0.39, 0.29) is 5.56 Å². The Balaban J connectivity index is 2.30. The van der Waals surface area contributed by atoms with E-state index < -0.39 is 0 Å². The van der Waals surface area contributed by atoms with Crippen LogP contribution in [0, 0.1) is 6.92 Å². The molecule has 0 radical (unpaired) electrons. The van der Waals surface area contributed by atoms with E-state index >= 15 is 0 Å². The Labute approximate surface area is 134 Å². The first-order valence-electron chi connectivity index (χ1n) is 7.23. The Hall–Kier alpha value is -2.82. The van der Waals surface area contributed by atoms with Crippen LogP contribution in [-0.2, 0) is 7.05 Å². The summed E-state index contributed by atoms with van der Waals surface area (Å²) in [5.41, 5.74) is 3.01. The van der Waals surface area contributed by atoms with E-state index in [1.807, 2.05) is 31.2 Å². The second-order valence-electron chi connectivity index (χ2n) is 5.41. The highest BCUT2D eigenvalue weighted by molar-refractivity contribution is 5.84. The number of nitrogens with zero attached hydrogens (tertiary/aromatic N) is 2. The quantitative estimate of drug-likeness (QED) is 0.746. The fourth-order valence-electron chi connectivity index (χ4n) is 2.63. The van der Waals surface area contributed by atoms with E-state index in [4.69, 9.17) is 9.47 Å². The summed E-state index contributed by atoms with van der Waals surface area (Å²) in [4.78, 5) is 17.1. The van der Waals surface area contributed by atoms with E-state index in [0.717, 1.165) is 22.2 Å². The highest BCUT2D eigenvalue weighted by Crippen LogP contribution is 2.29. The fraction of sp³-hybridized carbons (Fsp3) is 0.222. The van der Waals surface area contributed by atoms with Crippen LogP contribution < -0.4 is 15.0 Å². The number of pyridine rings is 2. The molecule has 1 aromatic carbocycles. The van der Waals surface area contributed by atoms with Crippen LogP contribution in [0.15, 0.2) is 41.3 Å². The van der Waals surface area contributed by atoms with Crippen molar-refractivity contribution in [3.63, 3.8) is 0 Å². The molecule has 3 rings (SSSR count). The monoisotopic (exact) mass is 310 g/mol. The third kappa shape index (κ3) is 2.65. The van der Waals surface area contributed by atoms with E-state index in [2.05, 4.69) is 4.98 Å². The second kappa shape index (κ2) is 5.76.